The zero-order chi connectivity index (χ0) is 11.2. The van der Waals surface area contributed by atoms with E-state index >= 15 is 0 Å². The Kier molecular flexibility index (Phi) is 2.02. The summed E-state index contributed by atoms with van der Waals surface area (Å²) in [6.07, 6.45) is 1.01. The minimum absolute atomic E-state index is 0.199. The van der Waals surface area contributed by atoms with Crippen LogP contribution in [0.3, 0.4) is 0 Å². The van der Waals surface area contributed by atoms with Gasteiger partial charge in [-0.05, 0) is 29.2 Å². The lowest BCUT2D eigenvalue weighted by Gasteiger charge is -2.09. The second kappa shape index (κ2) is 3.01. The summed E-state index contributed by atoms with van der Waals surface area (Å²) in [5.74, 6) is 0.0613. The molecule has 0 bridgehead atoms. The van der Waals surface area contributed by atoms with Crippen LogP contribution >= 0.6 is 0 Å². The highest BCUT2D eigenvalue weighted by molar-refractivity contribution is 5.71. The highest BCUT2D eigenvalue weighted by atomic mass is 16.4. The Bertz CT molecular complexity index is 399. The lowest BCUT2D eigenvalue weighted by atomic mass is 10.1. The summed E-state index contributed by atoms with van der Waals surface area (Å²) in [6, 6.07) is -0.702. The summed E-state index contributed by atoms with van der Waals surface area (Å²) in [4.78, 5) is 10.8. The molecule has 0 spiro atoms. The van der Waals surface area contributed by atoms with Crippen molar-refractivity contribution in [3.63, 3.8) is 0 Å². The maximum Gasteiger partial charge on any atom is 0.328 e. The topological polar surface area (TPSA) is 80.9 Å². The Morgan fingerprint density at radius 2 is 2.27 bits per heavy atom. The first-order valence-corrected chi connectivity index (χ1v) is 4.94. The monoisotopic (exact) mass is 210 g/mol. The largest absolute Gasteiger partial charge is 0.480 e. The summed E-state index contributed by atoms with van der Waals surface area (Å²) >= 11 is 0. The number of aliphatic carboxylic acids is 1. The number of nitrogens with zero attached hydrogens (tertiary/aromatic N) is 4. The molecule has 1 saturated carbocycles. The maximum atomic E-state index is 10.8. The minimum Gasteiger partial charge on any atom is -0.480 e. The molecular formula is C9H14N4O2. The van der Waals surface area contributed by atoms with Gasteiger partial charge in [-0.3, -0.25) is 0 Å². The van der Waals surface area contributed by atoms with Crippen molar-refractivity contribution < 1.29 is 9.90 Å². The zero-order valence-corrected chi connectivity index (χ0v) is 9.01. The summed E-state index contributed by atoms with van der Waals surface area (Å²) in [6.45, 7) is 5.84. The van der Waals surface area contributed by atoms with Crippen LogP contribution in [0.2, 0.25) is 0 Å². The number of carboxylic acids is 1. The number of aromatic nitrogens is 4. The molecule has 0 aliphatic heterocycles. The standard InChI is InChI=1S/C9H14N4O2/c1-5(8(14)15)13-7(10-11-12-13)6-4-9(6,2)3/h5-6H,4H2,1-3H3,(H,14,15). The van der Waals surface area contributed by atoms with Crippen molar-refractivity contribution in [1.29, 1.82) is 0 Å². The molecule has 1 N–H and O–H groups in total. The van der Waals surface area contributed by atoms with Crippen LogP contribution in [0.4, 0.5) is 0 Å². The number of rotatable bonds is 3. The molecule has 1 aliphatic rings. The fourth-order valence-corrected chi connectivity index (χ4v) is 1.72. The number of hydrogen-bond donors (Lipinski definition) is 1. The lowest BCUT2D eigenvalue weighted by Crippen LogP contribution is -2.19. The molecule has 1 aromatic rings. The van der Waals surface area contributed by atoms with E-state index in [2.05, 4.69) is 29.4 Å². The van der Waals surface area contributed by atoms with Crippen LogP contribution in [-0.4, -0.2) is 31.3 Å². The van der Waals surface area contributed by atoms with Crippen molar-refractivity contribution in [3.8, 4) is 0 Å². The second-order valence-corrected chi connectivity index (χ2v) is 4.74. The Hall–Kier alpha value is -1.46. The molecule has 82 valence electrons. The third-order valence-corrected chi connectivity index (χ3v) is 3.07. The summed E-state index contributed by atoms with van der Waals surface area (Å²) in [5, 5.41) is 20.1. The van der Waals surface area contributed by atoms with Crippen molar-refractivity contribution in [2.24, 2.45) is 5.41 Å². The van der Waals surface area contributed by atoms with Crippen LogP contribution in [-0.2, 0) is 4.79 Å². The molecule has 1 heterocycles. The second-order valence-electron chi connectivity index (χ2n) is 4.74. The number of tetrazole rings is 1. The number of carbonyl (C=O) groups is 1. The molecule has 2 unspecified atom stereocenters. The van der Waals surface area contributed by atoms with Gasteiger partial charge in [-0.2, -0.15) is 0 Å². The third-order valence-electron chi connectivity index (χ3n) is 3.07. The highest BCUT2D eigenvalue weighted by Gasteiger charge is 2.50. The number of hydrogen-bond acceptors (Lipinski definition) is 4. The van der Waals surface area contributed by atoms with E-state index in [9.17, 15) is 4.79 Å². The SMILES string of the molecule is CC(C(=O)O)n1nnnc1C1CC1(C)C. The average Bonchev–Trinajstić information content (AvgIpc) is 2.64. The zero-order valence-electron chi connectivity index (χ0n) is 9.01. The molecule has 1 aromatic heterocycles. The van der Waals surface area contributed by atoms with Gasteiger partial charge in [0.1, 0.15) is 6.04 Å². The molecule has 6 heteroatoms. The lowest BCUT2D eigenvalue weighted by molar-refractivity contribution is -0.140. The van der Waals surface area contributed by atoms with Gasteiger partial charge in [-0.15, -0.1) is 5.10 Å². The van der Waals surface area contributed by atoms with E-state index in [4.69, 9.17) is 5.11 Å². The molecule has 0 amide bonds. The van der Waals surface area contributed by atoms with Gasteiger partial charge in [0.05, 0.1) is 0 Å². The van der Waals surface area contributed by atoms with Gasteiger partial charge in [0.2, 0.25) is 0 Å². The van der Waals surface area contributed by atoms with Crippen molar-refractivity contribution in [2.75, 3.05) is 0 Å². The van der Waals surface area contributed by atoms with Crippen molar-refractivity contribution >= 4 is 5.97 Å². The first kappa shape index (κ1) is 10.1. The Morgan fingerprint density at radius 1 is 1.67 bits per heavy atom. The minimum atomic E-state index is -0.915. The van der Waals surface area contributed by atoms with E-state index in [0.717, 1.165) is 6.42 Å². The van der Waals surface area contributed by atoms with E-state index in [1.807, 2.05) is 0 Å². The van der Waals surface area contributed by atoms with Crippen LogP contribution in [0.5, 0.6) is 0 Å². The van der Waals surface area contributed by atoms with Gasteiger partial charge >= 0.3 is 5.97 Å². The van der Waals surface area contributed by atoms with Crippen LogP contribution in [0.1, 0.15) is 45.0 Å². The normalized spacial score (nSPS) is 24.9. The average molecular weight is 210 g/mol. The molecule has 1 aliphatic carbocycles. The van der Waals surface area contributed by atoms with Gasteiger partial charge in [-0.1, -0.05) is 13.8 Å². The molecule has 2 rings (SSSR count). The van der Waals surface area contributed by atoms with Gasteiger partial charge in [0.15, 0.2) is 5.82 Å². The Balaban J connectivity index is 2.27. The molecule has 6 nitrogen and oxygen atoms in total. The molecule has 0 aromatic carbocycles. The molecular weight excluding hydrogens is 196 g/mol. The predicted octanol–water partition coefficient (Wildman–Crippen LogP) is 0.832. The van der Waals surface area contributed by atoms with Crippen LogP contribution in [0, 0.1) is 5.41 Å². The van der Waals surface area contributed by atoms with E-state index in [-0.39, 0.29) is 11.3 Å². The van der Waals surface area contributed by atoms with Crippen molar-refractivity contribution in [2.45, 2.75) is 39.2 Å². The molecule has 2 atom stereocenters. The Morgan fingerprint density at radius 3 is 2.73 bits per heavy atom. The maximum absolute atomic E-state index is 10.8. The van der Waals surface area contributed by atoms with Gasteiger partial charge in [0, 0.05) is 5.92 Å². The quantitative estimate of drug-likeness (QED) is 0.799. The van der Waals surface area contributed by atoms with Gasteiger partial charge in [0.25, 0.3) is 0 Å². The predicted molar refractivity (Wildman–Crippen MR) is 51.3 cm³/mol. The van der Waals surface area contributed by atoms with E-state index < -0.39 is 12.0 Å². The van der Waals surface area contributed by atoms with Crippen LogP contribution < -0.4 is 0 Å². The molecule has 15 heavy (non-hydrogen) atoms. The molecule has 0 radical (unpaired) electrons. The van der Waals surface area contributed by atoms with Crippen molar-refractivity contribution in [1.82, 2.24) is 20.2 Å². The van der Waals surface area contributed by atoms with Crippen LogP contribution in [0.25, 0.3) is 0 Å². The Labute approximate surface area is 87.3 Å². The van der Waals surface area contributed by atoms with Gasteiger partial charge < -0.3 is 5.11 Å². The fraction of sp³-hybridized carbons (Fsp3) is 0.778. The number of carboxylic acid groups (broad SMARTS) is 1. The van der Waals surface area contributed by atoms with E-state index in [0.29, 0.717) is 5.82 Å². The van der Waals surface area contributed by atoms with Gasteiger partial charge in [-0.25, -0.2) is 9.48 Å². The summed E-state index contributed by atoms with van der Waals surface area (Å²) in [5.41, 5.74) is 0.199. The summed E-state index contributed by atoms with van der Waals surface area (Å²) < 4.78 is 1.40. The third kappa shape index (κ3) is 1.60. The first-order chi connectivity index (χ1) is 6.93. The molecule has 0 saturated heterocycles. The fourth-order valence-electron chi connectivity index (χ4n) is 1.72. The van der Waals surface area contributed by atoms with E-state index in [1.165, 1.54) is 4.68 Å². The summed E-state index contributed by atoms with van der Waals surface area (Å²) in [7, 11) is 0. The van der Waals surface area contributed by atoms with E-state index in [1.54, 1.807) is 6.92 Å². The first-order valence-electron chi connectivity index (χ1n) is 4.94. The molecule has 1 fully saturated rings. The smallest absolute Gasteiger partial charge is 0.328 e. The van der Waals surface area contributed by atoms with Crippen LogP contribution in [0.15, 0.2) is 0 Å². The van der Waals surface area contributed by atoms with Crippen molar-refractivity contribution in [3.05, 3.63) is 5.82 Å². The highest BCUT2D eigenvalue weighted by Crippen LogP contribution is 2.57.